The molecule has 0 amide bonds. The van der Waals surface area contributed by atoms with Gasteiger partial charge < -0.3 is 19.4 Å². The summed E-state index contributed by atoms with van der Waals surface area (Å²) < 4.78 is 5.20. The fourth-order valence-corrected chi connectivity index (χ4v) is 10.2. The highest BCUT2D eigenvalue weighted by atomic mass is 15.2. The second-order valence-electron chi connectivity index (χ2n) is 15.6. The number of aromatic nitrogens is 2. The molecule has 0 saturated heterocycles. The molecule has 260 valence electrons. The summed E-state index contributed by atoms with van der Waals surface area (Å²) in [6.45, 7) is 6.63. The number of hydrogen-bond donors (Lipinski definition) is 1. The molecule has 8 aromatic rings. The highest BCUT2D eigenvalue weighted by Crippen LogP contribution is 2.57. The van der Waals surface area contributed by atoms with Crippen molar-refractivity contribution in [3.05, 3.63) is 184 Å². The van der Waals surface area contributed by atoms with E-state index < -0.39 is 0 Å². The Hall–Kier alpha value is -6.88. The van der Waals surface area contributed by atoms with Crippen molar-refractivity contribution in [2.24, 2.45) is 0 Å². The molecule has 2 atom stereocenters. The van der Waals surface area contributed by atoms with Gasteiger partial charge in [-0.3, -0.25) is 0 Å². The van der Waals surface area contributed by atoms with E-state index >= 15 is 0 Å². The van der Waals surface area contributed by atoms with Gasteiger partial charge in [0.25, 0.3) is 0 Å². The lowest BCUT2D eigenvalue weighted by Crippen LogP contribution is -2.15. The minimum Gasteiger partial charge on any atom is -0.355 e. The molecule has 6 aromatic carbocycles. The second kappa shape index (κ2) is 11.1. The first-order chi connectivity index (χ1) is 27.0. The van der Waals surface area contributed by atoms with E-state index in [0.29, 0.717) is 5.92 Å². The minimum atomic E-state index is 0.167. The van der Waals surface area contributed by atoms with Gasteiger partial charge in [-0.1, -0.05) is 66.7 Å². The first-order valence-electron chi connectivity index (χ1n) is 19.3. The van der Waals surface area contributed by atoms with E-state index in [0.717, 1.165) is 35.6 Å². The summed E-state index contributed by atoms with van der Waals surface area (Å²) in [4.78, 5) is 2.40. The molecule has 2 aliphatic heterocycles. The van der Waals surface area contributed by atoms with Gasteiger partial charge in [-0.2, -0.15) is 0 Å². The Labute approximate surface area is 321 Å². The molecule has 2 unspecified atom stereocenters. The third-order valence-electron chi connectivity index (χ3n) is 12.8. The predicted molar refractivity (Wildman–Crippen MR) is 225 cm³/mol. The summed E-state index contributed by atoms with van der Waals surface area (Å²) >= 11 is 0. The average Bonchev–Trinajstić information content (AvgIpc) is 3.94. The van der Waals surface area contributed by atoms with Crippen LogP contribution in [0.4, 0.5) is 28.4 Å². The average molecular weight is 705 g/mol. The smallest absolute Gasteiger partial charge is 0.0667 e. The van der Waals surface area contributed by atoms with Gasteiger partial charge in [0.05, 0.1) is 45.4 Å². The van der Waals surface area contributed by atoms with Gasteiger partial charge in [0.15, 0.2) is 0 Å². The van der Waals surface area contributed by atoms with E-state index in [-0.39, 0.29) is 6.04 Å². The van der Waals surface area contributed by atoms with Gasteiger partial charge in [0, 0.05) is 57.5 Å². The molecule has 4 aliphatic rings. The predicted octanol–water partition coefficient (Wildman–Crippen LogP) is 12.4. The van der Waals surface area contributed by atoms with Crippen LogP contribution in [0.2, 0.25) is 0 Å². The first kappa shape index (κ1) is 30.6. The van der Waals surface area contributed by atoms with Crippen LogP contribution >= 0.6 is 0 Å². The molecule has 0 spiro atoms. The van der Waals surface area contributed by atoms with Crippen molar-refractivity contribution < 1.29 is 0 Å². The zero-order valence-electron chi connectivity index (χ0n) is 31.0. The van der Waals surface area contributed by atoms with Crippen LogP contribution in [-0.4, -0.2) is 9.13 Å². The summed E-state index contributed by atoms with van der Waals surface area (Å²) in [5, 5.41) is 6.22. The van der Waals surface area contributed by atoms with Gasteiger partial charge in [0.1, 0.15) is 0 Å². The third-order valence-corrected chi connectivity index (χ3v) is 12.8. The van der Waals surface area contributed by atoms with Crippen molar-refractivity contribution in [3.63, 3.8) is 0 Å². The Morgan fingerprint density at radius 2 is 1.69 bits per heavy atom. The lowest BCUT2D eigenvalue weighted by molar-refractivity contribution is 0.668. The number of aryl methyl sites for hydroxylation is 2. The van der Waals surface area contributed by atoms with Crippen LogP contribution in [0.3, 0.4) is 0 Å². The van der Waals surface area contributed by atoms with Crippen LogP contribution in [0.15, 0.2) is 109 Å². The number of rotatable bonds is 5. The summed E-state index contributed by atoms with van der Waals surface area (Å²) in [6.07, 6.45) is 9.22. The molecule has 0 radical (unpaired) electrons. The lowest BCUT2D eigenvalue weighted by Gasteiger charge is -2.28. The van der Waals surface area contributed by atoms with Gasteiger partial charge in [-0.25, -0.2) is 0 Å². The van der Waals surface area contributed by atoms with E-state index in [1.54, 1.807) is 0 Å². The lowest BCUT2D eigenvalue weighted by atomic mass is 9.83. The maximum atomic E-state index is 3.76. The van der Waals surface area contributed by atoms with Gasteiger partial charge in [0.2, 0.25) is 0 Å². The summed E-state index contributed by atoms with van der Waals surface area (Å²) in [5.74, 6) is 0.313. The van der Waals surface area contributed by atoms with Crippen molar-refractivity contribution in [3.8, 4) is 5.69 Å². The van der Waals surface area contributed by atoms with E-state index in [2.05, 4.69) is 174 Å². The molecular weight excluding hydrogens is 669 g/mol. The van der Waals surface area contributed by atoms with Crippen molar-refractivity contribution in [1.29, 1.82) is 0 Å². The van der Waals surface area contributed by atoms with Crippen molar-refractivity contribution in [1.82, 2.24) is 9.13 Å². The molecule has 55 heavy (non-hydrogen) atoms. The Morgan fingerprint density at radius 3 is 2.53 bits per heavy atom. The fraction of sp³-hybridized carbons (Fsp3) is 0.137. The van der Waals surface area contributed by atoms with Crippen LogP contribution in [0.5, 0.6) is 0 Å². The SMILES string of the molecule is Cc1cc(N(c2cc#ccc2)c2cccc3c2c2cc#cc4c2n3C2Cc3c5c6n(c3C=C42)-c2cccc(Nc3ccccc3)c2C6CC=C5)cc(C)c1C. The minimum absolute atomic E-state index is 0.167. The number of allylic oxidation sites excluding steroid dienone is 2. The Morgan fingerprint density at radius 1 is 0.836 bits per heavy atom. The topological polar surface area (TPSA) is 25.1 Å². The molecule has 0 bridgehead atoms. The zero-order valence-corrected chi connectivity index (χ0v) is 31.0. The molecule has 4 nitrogen and oxygen atoms in total. The molecule has 1 N–H and O–H groups in total. The maximum absolute atomic E-state index is 3.76. The van der Waals surface area contributed by atoms with Gasteiger partial charge >= 0.3 is 0 Å². The Kier molecular flexibility index (Phi) is 6.16. The number of hydrogen-bond acceptors (Lipinski definition) is 2. The molecule has 0 saturated carbocycles. The van der Waals surface area contributed by atoms with Crippen LogP contribution in [0.1, 0.15) is 68.7 Å². The van der Waals surface area contributed by atoms with Crippen molar-refractivity contribution >= 4 is 68.0 Å². The molecule has 0 fully saturated rings. The Balaban J connectivity index is 1.05. The van der Waals surface area contributed by atoms with Crippen LogP contribution in [0.25, 0.3) is 45.2 Å². The normalized spacial score (nSPS) is 16.6. The fourth-order valence-electron chi connectivity index (χ4n) is 10.2. The molecular formula is C51H36N4. The molecule has 12 rings (SSSR count). The molecule has 4 heterocycles. The highest BCUT2D eigenvalue weighted by molar-refractivity contribution is 6.20. The zero-order chi connectivity index (χ0) is 36.5. The quantitative estimate of drug-likeness (QED) is 0.193. The summed E-state index contributed by atoms with van der Waals surface area (Å²) in [5.41, 5.74) is 22.9. The first-order valence-corrected chi connectivity index (χ1v) is 19.3. The number of nitrogens with zero attached hydrogens (tertiary/aromatic N) is 3. The van der Waals surface area contributed by atoms with E-state index in [1.807, 2.05) is 12.1 Å². The Bertz CT molecular complexity index is 2970. The largest absolute Gasteiger partial charge is 0.355 e. The number of fused-ring (bicyclic) bond motifs is 12. The van der Waals surface area contributed by atoms with Crippen LogP contribution in [0, 0.1) is 45.0 Å². The molecule has 4 heteroatoms. The van der Waals surface area contributed by atoms with Crippen LogP contribution in [-0.2, 0) is 6.42 Å². The number of nitrogens with one attached hydrogen (secondary N) is 1. The third kappa shape index (κ3) is 4.09. The molecule has 2 aromatic heterocycles. The number of para-hydroxylation sites is 1. The monoisotopic (exact) mass is 704 g/mol. The van der Waals surface area contributed by atoms with Gasteiger partial charge in [-0.05, 0) is 133 Å². The summed E-state index contributed by atoms with van der Waals surface area (Å²) in [7, 11) is 0. The van der Waals surface area contributed by atoms with Gasteiger partial charge in [-0.15, -0.1) is 0 Å². The second-order valence-corrected chi connectivity index (χ2v) is 15.6. The number of anilines is 5. The van der Waals surface area contributed by atoms with E-state index in [4.69, 9.17) is 0 Å². The summed E-state index contributed by atoms with van der Waals surface area (Å²) in [6, 6.07) is 50.7. The van der Waals surface area contributed by atoms with E-state index in [9.17, 15) is 0 Å². The number of benzene rings is 4. The van der Waals surface area contributed by atoms with E-state index in [1.165, 1.54) is 89.1 Å². The van der Waals surface area contributed by atoms with Crippen molar-refractivity contribution in [2.75, 3.05) is 10.2 Å². The van der Waals surface area contributed by atoms with Crippen molar-refractivity contribution in [2.45, 2.75) is 45.6 Å². The molecule has 2 aliphatic carbocycles. The standard InChI is InChI=1S/C51H36N4/c1-30-26-35(27-31(2)32(30)3)53(34-16-8-5-9-17-34)44-24-13-25-45-49(44)39-21-11-19-37-41-28-46-40(29-47(41)55(45)51(37)39)36-18-10-20-38-48-42(52-33-14-6-4-7-15-33)22-12-23-43(48)54(46)50(36)38/h4,6-8,10,12-18,21-28,38,47,52H,20,29H2,1-3H3. The maximum Gasteiger partial charge on any atom is 0.0667 e. The highest BCUT2D eigenvalue weighted by Gasteiger charge is 2.43. The van der Waals surface area contributed by atoms with Crippen LogP contribution < -0.4 is 10.2 Å².